The van der Waals surface area contributed by atoms with Crippen LogP contribution in [0.3, 0.4) is 0 Å². The smallest absolute Gasteiger partial charge is 0.251 e. The third kappa shape index (κ3) is 5.06. The number of hydrogen-bond donors (Lipinski definition) is 2. The van der Waals surface area contributed by atoms with Crippen molar-refractivity contribution in [2.45, 2.75) is 36.5 Å². The molecule has 0 aromatic heterocycles. The second-order valence-corrected chi connectivity index (χ2v) is 11.3. The molecule has 0 unspecified atom stereocenters. The SMILES string of the molecule is CS(=O)(=O)c1cccc(C(=O)NCc2cccc(-c3cccc(CN4C[C@@H]5C[C@H]4CN5)c3)c2)c1. The van der Waals surface area contributed by atoms with E-state index >= 15 is 0 Å². The maximum Gasteiger partial charge on any atom is 0.251 e. The van der Waals surface area contributed by atoms with Crippen LogP contribution in [0.15, 0.2) is 77.7 Å². The first-order valence-electron chi connectivity index (χ1n) is 11.6. The first-order valence-corrected chi connectivity index (χ1v) is 13.5. The largest absolute Gasteiger partial charge is 0.348 e. The number of nitrogens with zero attached hydrogens (tertiary/aromatic N) is 1. The van der Waals surface area contributed by atoms with Crippen LogP contribution in [0.1, 0.15) is 27.9 Å². The molecule has 2 atom stereocenters. The van der Waals surface area contributed by atoms with Gasteiger partial charge >= 0.3 is 0 Å². The summed E-state index contributed by atoms with van der Waals surface area (Å²) in [6.07, 6.45) is 2.39. The Kier molecular flexibility index (Phi) is 6.25. The molecule has 2 aliphatic heterocycles. The zero-order valence-electron chi connectivity index (χ0n) is 19.2. The monoisotopic (exact) mass is 475 g/mol. The number of amides is 1. The summed E-state index contributed by atoms with van der Waals surface area (Å²) in [5.74, 6) is -0.299. The van der Waals surface area contributed by atoms with Gasteiger partial charge in [-0.15, -0.1) is 0 Å². The standard InChI is InChI=1S/C27H29N3O3S/c1-34(32,33)26-10-4-9-23(13-26)27(31)29-15-19-5-2-7-21(11-19)22-8-3-6-20(12-22)17-30-18-24-14-25(30)16-28-24/h2-13,24-25,28H,14-18H2,1H3,(H,29,31)/t24-,25-/m0/s1. The average molecular weight is 476 g/mol. The molecule has 0 radical (unpaired) electrons. The minimum atomic E-state index is -3.36. The summed E-state index contributed by atoms with van der Waals surface area (Å²) in [5.41, 5.74) is 4.90. The van der Waals surface area contributed by atoms with Crippen molar-refractivity contribution in [3.8, 4) is 11.1 Å². The van der Waals surface area contributed by atoms with E-state index in [1.807, 2.05) is 12.1 Å². The third-order valence-electron chi connectivity index (χ3n) is 6.72. The van der Waals surface area contributed by atoms with E-state index in [1.165, 1.54) is 24.1 Å². The molecule has 3 aromatic rings. The predicted molar refractivity (Wildman–Crippen MR) is 133 cm³/mol. The predicted octanol–water partition coefficient (Wildman–Crippen LogP) is 3.23. The van der Waals surface area contributed by atoms with E-state index in [1.54, 1.807) is 12.1 Å². The number of piperazine rings is 1. The van der Waals surface area contributed by atoms with Gasteiger partial charge in [-0.1, -0.05) is 42.5 Å². The molecule has 2 N–H and O–H groups in total. The molecule has 2 heterocycles. The fraction of sp³-hybridized carbons (Fsp3) is 0.296. The lowest BCUT2D eigenvalue weighted by molar-refractivity contribution is 0.0950. The van der Waals surface area contributed by atoms with Gasteiger partial charge in [0.15, 0.2) is 9.84 Å². The molecule has 34 heavy (non-hydrogen) atoms. The number of fused-ring (bicyclic) bond motifs is 2. The molecular weight excluding hydrogens is 446 g/mol. The normalized spacial score (nSPS) is 19.9. The van der Waals surface area contributed by atoms with Gasteiger partial charge in [0.05, 0.1) is 4.90 Å². The number of nitrogens with one attached hydrogen (secondary N) is 2. The average Bonchev–Trinajstić information content (AvgIpc) is 3.46. The van der Waals surface area contributed by atoms with Crippen LogP contribution in [0.25, 0.3) is 11.1 Å². The van der Waals surface area contributed by atoms with Crippen LogP contribution in [-0.4, -0.2) is 50.7 Å². The zero-order valence-corrected chi connectivity index (χ0v) is 20.0. The van der Waals surface area contributed by atoms with Crippen LogP contribution < -0.4 is 10.6 Å². The van der Waals surface area contributed by atoms with E-state index in [-0.39, 0.29) is 10.8 Å². The quantitative estimate of drug-likeness (QED) is 0.549. The Morgan fingerprint density at radius 2 is 1.71 bits per heavy atom. The molecule has 6 nitrogen and oxygen atoms in total. The Hall–Kier alpha value is -3.00. The van der Waals surface area contributed by atoms with Gasteiger partial charge in [0.1, 0.15) is 0 Å². The van der Waals surface area contributed by atoms with Crippen LogP contribution in [0.4, 0.5) is 0 Å². The van der Waals surface area contributed by atoms with Crippen LogP contribution in [-0.2, 0) is 22.9 Å². The molecule has 2 bridgehead atoms. The Morgan fingerprint density at radius 1 is 1.00 bits per heavy atom. The van der Waals surface area contributed by atoms with Crippen molar-refractivity contribution < 1.29 is 13.2 Å². The van der Waals surface area contributed by atoms with Gasteiger partial charge in [0, 0.05) is 50.1 Å². The Bertz CT molecular complexity index is 1320. The topological polar surface area (TPSA) is 78.5 Å². The van der Waals surface area contributed by atoms with Crippen LogP contribution in [0, 0.1) is 0 Å². The lowest BCUT2D eigenvalue weighted by Crippen LogP contribution is -2.42. The molecule has 1 amide bonds. The van der Waals surface area contributed by atoms with E-state index in [2.05, 4.69) is 51.9 Å². The fourth-order valence-corrected chi connectivity index (χ4v) is 5.60. The Morgan fingerprint density at radius 3 is 2.38 bits per heavy atom. The number of benzene rings is 3. The molecule has 2 saturated heterocycles. The molecule has 7 heteroatoms. The van der Waals surface area contributed by atoms with Crippen LogP contribution in [0.5, 0.6) is 0 Å². The fourth-order valence-electron chi connectivity index (χ4n) is 4.94. The van der Waals surface area contributed by atoms with Gasteiger partial charge in [0.25, 0.3) is 5.91 Å². The maximum absolute atomic E-state index is 12.6. The highest BCUT2D eigenvalue weighted by Gasteiger charge is 2.37. The Labute approximate surface area is 200 Å². The van der Waals surface area contributed by atoms with Crippen LogP contribution >= 0.6 is 0 Å². The van der Waals surface area contributed by atoms with Crippen LogP contribution in [0.2, 0.25) is 0 Å². The van der Waals surface area contributed by atoms with Gasteiger partial charge < -0.3 is 10.6 Å². The van der Waals surface area contributed by atoms with Gasteiger partial charge in [0.2, 0.25) is 0 Å². The lowest BCUT2D eigenvalue weighted by Gasteiger charge is -2.27. The number of sulfone groups is 1. The van der Waals surface area contributed by atoms with E-state index in [4.69, 9.17) is 0 Å². The van der Waals surface area contributed by atoms with Gasteiger partial charge in [-0.3, -0.25) is 9.69 Å². The third-order valence-corrected chi connectivity index (χ3v) is 7.83. The second kappa shape index (κ2) is 9.33. The number of carbonyl (C=O) groups excluding carboxylic acids is 1. The molecule has 2 aliphatic rings. The van der Waals surface area contributed by atoms with Gasteiger partial charge in [-0.05, 0) is 59.0 Å². The maximum atomic E-state index is 12.6. The minimum absolute atomic E-state index is 0.139. The van der Waals surface area contributed by atoms with Crippen molar-refractivity contribution in [3.63, 3.8) is 0 Å². The zero-order chi connectivity index (χ0) is 23.7. The van der Waals surface area contributed by atoms with Crippen molar-refractivity contribution in [3.05, 3.63) is 89.5 Å². The molecule has 0 aliphatic carbocycles. The highest BCUT2D eigenvalue weighted by atomic mass is 32.2. The summed E-state index contributed by atoms with van der Waals surface area (Å²) in [6, 6.07) is 24.2. The van der Waals surface area contributed by atoms with E-state index in [0.29, 0.717) is 24.2 Å². The van der Waals surface area contributed by atoms with Crippen molar-refractivity contribution in [1.82, 2.24) is 15.5 Å². The number of carbonyl (C=O) groups is 1. The van der Waals surface area contributed by atoms with E-state index in [0.717, 1.165) is 42.6 Å². The van der Waals surface area contributed by atoms with Gasteiger partial charge in [-0.25, -0.2) is 8.42 Å². The minimum Gasteiger partial charge on any atom is -0.348 e. The highest BCUT2D eigenvalue weighted by Crippen LogP contribution is 2.27. The molecule has 176 valence electrons. The summed E-state index contributed by atoms with van der Waals surface area (Å²) < 4.78 is 23.6. The summed E-state index contributed by atoms with van der Waals surface area (Å²) in [4.78, 5) is 15.3. The van der Waals surface area contributed by atoms with Crippen molar-refractivity contribution in [2.24, 2.45) is 0 Å². The molecule has 5 rings (SSSR count). The molecule has 0 saturated carbocycles. The lowest BCUT2D eigenvalue weighted by atomic mass is 10.0. The first-order chi connectivity index (χ1) is 16.3. The number of hydrogen-bond acceptors (Lipinski definition) is 5. The summed E-state index contributed by atoms with van der Waals surface area (Å²) in [6.45, 7) is 3.55. The van der Waals surface area contributed by atoms with E-state index < -0.39 is 9.84 Å². The highest BCUT2D eigenvalue weighted by molar-refractivity contribution is 7.90. The number of likely N-dealkylation sites (tertiary alicyclic amines) is 1. The Balaban J connectivity index is 1.26. The molecule has 2 fully saturated rings. The molecule has 3 aromatic carbocycles. The van der Waals surface area contributed by atoms with Crippen molar-refractivity contribution in [2.75, 3.05) is 19.3 Å². The summed E-state index contributed by atoms with van der Waals surface area (Å²) in [7, 11) is -3.36. The van der Waals surface area contributed by atoms with Crippen molar-refractivity contribution >= 4 is 15.7 Å². The number of rotatable bonds is 7. The summed E-state index contributed by atoms with van der Waals surface area (Å²) >= 11 is 0. The first kappa shape index (κ1) is 22.8. The van der Waals surface area contributed by atoms with Gasteiger partial charge in [-0.2, -0.15) is 0 Å². The second-order valence-electron chi connectivity index (χ2n) is 9.31. The van der Waals surface area contributed by atoms with Crippen molar-refractivity contribution in [1.29, 1.82) is 0 Å². The van der Waals surface area contributed by atoms with E-state index in [9.17, 15) is 13.2 Å². The molecular formula is C27H29N3O3S. The molecule has 0 spiro atoms. The summed E-state index contributed by atoms with van der Waals surface area (Å²) in [5, 5.41) is 6.46.